The van der Waals surface area contributed by atoms with Gasteiger partial charge < -0.3 is 20.1 Å². The molecule has 0 fully saturated rings. The van der Waals surface area contributed by atoms with Crippen LogP contribution in [-0.4, -0.2) is 40.9 Å². The van der Waals surface area contributed by atoms with Gasteiger partial charge in [-0.15, -0.1) is 10.2 Å². The van der Waals surface area contributed by atoms with E-state index in [0.717, 1.165) is 23.3 Å². The third kappa shape index (κ3) is 5.32. The quantitative estimate of drug-likeness (QED) is 0.346. The second-order valence-corrected chi connectivity index (χ2v) is 7.22. The molecule has 1 aromatic heterocycles. The molecule has 0 saturated heterocycles. The molecule has 180 valence electrons. The molecule has 1 heterocycles. The number of nitrogens with one attached hydrogen (secondary N) is 3. The molecule has 12 heteroatoms. The number of carbonyl (C=O) groups is 1. The van der Waals surface area contributed by atoms with Gasteiger partial charge in [0.1, 0.15) is 0 Å². The number of hydrogen-bond acceptors (Lipinski definition) is 6. The molecular weight excluding hydrogens is 465 g/mol. The maximum Gasteiger partial charge on any atom is 0.416 e. The number of H-pyrrole nitrogens is 1. The number of benzene rings is 3. The number of carbonyl (C=O) groups excluding carboxylic acids is 1. The average Bonchev–Trinajstić information content (AvgIpc) is 3.38. The second kappa shape index (κ2) is 9.71. The lowest BCUT2D eigenvalue weighted by atomic mass is 9.98. The van der Waals surface area contributed by atoms with Crippen molar-refractivity contribution >= 4 is 17.4 Å². The number of tetrazole rings is 1. The van der Waals surface area contributed by atoms with Gasteiger partial charge in [0.15, 0.2) is 11.5 Å². The van der Waals surface area contributed by atoms with Crippen LogP contribution in [0.25, 0.3) is 22.5 Å². The van der Waals surface area contributed by atoms with E-state index in [4.69, 9.17) is 9.47 Å². The fourth-order valence-corrected chi connectivity index (χ4v) is 3.37. The van der Waals surface area contributed by atoms with Crippen molar-refractivity contribution in [3.8, 4) is 34.0 Å². The zero-order valence-corrected chi connectivity index (χ0v) is 18.5. The Labute approximate surface area is 197 Å². The molecule has 4 rings (SSSR count). The third-order valence-electron chi connectivity index (χ3n) is 5.03. The fourth-order valence-electron chi connectivity index (χ4n) is 3.37. The van der Waals surface area contributed by atoms with E-state index in [1.54, 1.807) is 37.4 Å². The first-order valence-electron chi connectivity index (χ1n) is 10.1. The van der Waals surface area contributed by atoms with E-state index in [2.05, 4.69) is 31.3 Å². The lowest BCUT2D eigenvalue weighted by Gasteiger charge is -2.14. The highest BCUT2D eigenvalue weighted by Crippen LogP contribution is 2.37. The topological polar surface area (TPSA) is 114 Å². The lowest BCUT2D eigenvalue weighted by Crippen LogP contribution is -2.19. The minimum Gasteiger partial charge on any atom is -0.493 e. The Morgan fingerprint density at radius 2 is 1.54 bits per heavy atom. The minimum atomic E-state index is -4.46. The van der Waals surface area contributed by atoms with Gasteiger partial charge in [0.2, 0.25) is 5.82 Å². The van der Waals surface area contributed by atoms with Gasteiger partial charge in [0, 0.05) is 16.9 Å². The Kier molecular flexibility index (Phi) is 6.53. The van der Waals surface area contributed by atoms with Crippen molar-refractivity contribution in [3.63, 3.8) is 0 Å². The summed E-state index contributed by atoms with van der Waals surface area (Å²) in [6, 6.07) is 14.0. The van der Waals surface area contributed by atoms with Gasteiger partial charge in [-0.05, 0) is 64.9 Å². The largest absolute Gasteiger partial charge is 0.493 e. The van der Waals surface area contributed by atoms with Crippen molar-refractivity contribution in [2.45, 2.75) is 6.18 Å². The summed E-state index contributed by atoms with van der Waals surface area (Å²) in [6.07, 6.45) is -4.46. The van der Waals surface area contributed by atoms with Crippen molar-refractivity contribution in [1.82, 2.24) is 20.6 Å². The van der Waals surface area contributed by atoms with Gasteiger partial charge in [0.25, 0.3) is 0 Å². The van der Waals surface area contributed by atoms with Gasteiger partial charge in [-0.3, -0.25) is 0 Å². The maximum atomic E-state index is 12.7. The molecule has 0 aliphatic rings. The number of amides is 2. The lowest BCUT2D eigenvalue weighted by molar-refractivity contribution is -0.137. The van der Waals surface area contributed by atoms with Crippen LogP contribution >= 0.6 is 0 Å². The Morgan fingerprint density at radius 1 is 0.857 bits per heavy atom. The molecule has 0 atom stereocenters. The van der Waals surface area contributed by atoms with E-state index in [9.17, 15) is 18.0 Å². The van der Waals surface area contributed by atoms with E-state index in [-0.39, 0.29) is 5.69 Å². The van der Waals surface area contributed by atoms with E-state index in [0.29, 0.717) is 28.6 Å². The Bertz CT molecular complexity index is 1330. The Morgan fingerprint density at radius 3 is 2.17 bits per heavy atom. The monoisotopic (exact) mass is 484 g/mol. The molecule has 3 N–H and O–H groups in total. The molecule has 0 aliphatic carbocycles. The maximum absolute atomic E-state index is 12.7. The first-order valence-corrected chi connectivity index (χ1v) is 10.1. The Hall–Kier alpha value is -4.61. The van der Waals surface area contributed by atoms with Gasteiger partial charge >= 0.3 is 12.2 Å². The number of aromatic amines is 1. The van der Waals surface area contributed by atoms with Crippen LogP contribution in [0.4, 0.5) is 29.3 Å². The molecule has 0 unspecified atom stereocenters. The summed E-state index contributed by atoms with van der Waals surface area (Å²) in [4.78, 5) is 12.4. The standard InChI is InChI=1S/C23H19F3N6O3/c1-34-19-10-3-13(11-20(19)35-2)17-9-8-16(12-18(17)21-29-31-32-30-21)28-22(33)27-15-6-4-14(5-7-15)23(24,25)26/h3-12H,1-2H3,(H2,27,28,33)(H,29,30,31,32). The average molecular weight is 484 g/mol. The number of methoxy groups -OCH3 is 2. The molecule has 2 amide bonds. The summed E-state index contributed by atoms with van der Waals surface area (Å²) in [5, 5.41) is 19.2. The number of alkyl halides is 3. The first-order chi connectivity index (χ1) is 16.8. The van der Waals surface area contributed by atoms with Gasteiger partial charge in [-0.2, -0.15) is 18.4 Å². The zero-order valence-electron chi connectivity index (χ0n) is 18.5. The first kappa shape index (κ1) is 23.5. The van der Waals surface area contributed by atoms with E-state index >= 15 is 0 Å². The number of hydrogen-bond donors (Lipinski definition) is 3. The van der Waals surface area contributed by atoms with Crippen LogP contribution in [0.15, 0.2) is 60.7 Å². The molecule has 0 bridgehead atoms. The number of halogens is 3. The van der Waals surface area contributed by atoms with E-state index in [1.165, 1.54) is 19.2 Å². The van der Waals surface area contributed by atoms with Crippen LogP contribution in [0.5, 0.6) is 11.5 Å². The summed E-state index contributed by atoms with van der Waals surface area (Å²) in [6.45, 7) is 0. The zero-order chi connectivity index (χ0) is 25.0. The number of rotatable bonds is 6. The van der Waals surface area contributed by atoms with Crippen molar-refractivity contribution in [2.24, 2.45) is 0 Å². The van der Waals surface area contributed by atoms with Crippen LogP contribution in [0.3, 0.4) is 0 Å². The van der Waals surface area contributed by atoms with Gasteiger partial charge in [-0.1, -0.05) is 12.1 Å². The summed E-state index contributed by atoms with van der Waals surface area (Å²) in [7, 11) is 3.07. The van der Waals surface area contributed by atoms with Crippen molar-refractivity contribution < 1.29 is 27.4 Å². The third-order valence-corrected chi connectivity index (χ3v) is 5.03. The molecule has 0 radical (unpaired) electrons. The van der Waals surface area contributed by atoms with Crippen LogP contribution < -0.4 is 20.1 Å². The number of ether oxygens (including phenoxy) is 2. The number of nitrogens with zero attached hydrogens (tertiary/aromatic N) is 3. The van der Waals surface area contributed by atoms with E-state index < -0.39 is 17.8 Å². The smallest absolute Gasteiger partial charge is 0.416 e. The van der Waals surface area contributed by atoms with Crippen LogP contribution in [0, 0.1) is 0 Å². The SMILES string of the molecule is COc1ccc(-c2ccc(NC(=O)Nc3ccc(C(F)(F)F)cc3)cc2-c2nn[nH]n2)cc1OC. The molecule has 3 aromatic carbocycles. The second-order valence-electron chi connectivity index (χ2n) is 7.22. The van der Waals surface area contributed by atoms with Crippen LogP contribution in [0.1, 0.15) is 5.56 Å². The number of aromatic nitrogens is 4. The van der Waals surface area contributed by atoms with Crippen LogP contribution in [-0.2, 0) is 6.18 Å². The summed E-state index contributed by atoms with van der Waals surface area (Å²) < 4.78 is 48.9. The highest BCUT2D eigenvalue weighted by atomic mass is 19.4. The fraction of sp³-hybridized carbons (Fsp3) is 0.130. The predicted molar refractivity (Wildman–Crippen MR) is 122 cm³/mol. The molecule has 0 aliphatic heterocycles. The van der Waals surface area contributed by atoms with Crippen molar-refractivity contribution in [1.29, 1.82) is 0 Å². The minimum absolute atomic E-state index is 0.204. The molecular formula is C23H19F3N6O3. The predicted octanol–water partition coefficient (Wildman–Crippen LogP) is 5.21. The van der Waals surface area contributed by atoms with Crippen molar-refractivity contribution in [2.75, 3.05) is 24.9 Å². The number of urea groups is 1. The molecule has 0 saturated carbocycles. The molecule has 0 spiro atoms. The molecule has 9 nitrogen and oxygen atoms in total. The Balaban J connectivity index is 1.59. The number of anilines is 2. The van der Waals surface area contributed by atoms with Gasteiger partial charge in [0.05, 0.1) is 19.8 Å². The van der Waals surface area contributed by atoms with Crippen molar-refractivity contribution in [3.05, 3.63) is 66.2 Å². The highest BCUT2D eigenvalue weighted by Gasteiger charge is 2.30. The summed E-state index contributed by atoms with van der Waals surface area (Å²) >= 11 is 0. The van der Waals surface area contributed by atoms with Crippen LogP contribution in [0.2, 0.25) is 0 Å². The summed E-state index contributed by atoms with van der Waals surface area (Å²) in [5.41, 5.74) is 1.88. The normalized spacial score (nSPS) is 11.1. The summed E-state index contributed by atoms with van der Waals surface area (Å²) in [5.74, 6) is 1.39. The highest BCUT2D eigenvalue weighted by molar-refractivity contribution is 6.00. The van der Waals surface area contributed by atoms with E-state index in [1.807, 2.05) is 6.07 Å². The van der Waals surface area contributed by atoms with Gasteiger partial charge in [-0.25, -0.2) is 4.79 Å². The molecule has 4 aromatic rings. The molecule has 35 heavy (non-hydrogen) atoms.